The average molecular weight is 377 g/mol. The van der Waals surface area contributed by atoms with Gasteiger partial charge in [0.2, 0.25) is 0 Å². The smallest absolute Gasteiger partial charge is 0.257 e. The molecule has 5 nitrogen and oxygen atoms in total. The summed E-state index contributed by atoms with van der Waals surface area (Å²) >= 11 is 1.36. The second kappa shape index (κ2) is 7.49. The maximum absolute atomic E-state index is 12.7. The molecule has 1 aliphatic rings. The van der Waals surface area contributed by atoms with Gasteiger partial charge in [-0.15, -0.1) is 11.3 Å². The molecule has 2 aromatic rings. The fraction of sp³-hybridized carbons (Fsp3) is 0.333. The summed E-state index contributed by atoms with van der Waals surface area (Å²) < 4.78 is 23.3. The van der Waals surface area contributed by atoms with Crippen molar-refractivity contribution >= 4 is 37.8 Å². The van der Waals surface area contributed by atoms with E-state index in [-0.39, 0.29) is 10.8 Å². The number of anilines is 1. The first-order chi connectivity index (χ1) is 11.9. The normalized spacial score (nSPS) is 16.1. The van der Waals surface area contributed by atoms with Gasteiger partial charge in [-0.2, -0.15) is 0 Å². The summed E-state index contributed by atoms with van der Waals surface area (Å²) in [6.45, 7) is 0. The summed E-state index contributed by atoms with van der Waals surface area (Å²) in [7, 11) is -3.26. The van der Waals surface area contributed by atoms with E-state index < -0.39 is 9.84 Å². The molecule has 25 heavy (non-hydrogen) atoms. The van der Waals surface area contributed by atoms with Crippen LogP contribution in [-0.2, 0) is 14.6 Å². The molecule has 1 heterocycles. The standard InChI is InChI=1S/C18H20N2O3S2/c1-25(22,23)15-8-6-14(7-9-15)16(12-13-4-2-3-5-13)17(21)20-18-19-10-11-24-18/h6-13H,2-5H2,1H3,(H,19,20,21)/b16-12-. The zero-order valence-corrected chi connectivity index (χ0v) is 15.6. The molecule has 0 bridgehead atoms. The molecule has 1 aliphatic carbocycles. The first-order valence-corrected chi connectivity index (χ1v) is 10.9. The molecule has 3 rings (SSSR count). The molecular formula is C18H20N2O3S2. The summed E-state index contributed by atoms with van der Waals surface area (Å²) in [4.78, 5) is 17.1. The van der Waals surface area contributed by atoms with Crippen molar-refractivity contribution in [3.63, 3.8) is 0 Å². The number of benzene rings is 1. The monoisotopic (exact) mass is 376 g/mol. The van der Waals surface area contributed by atoms with Gasteiger partial charge in [-0.1, -0.05) is 31.1 Å². The average Bonchev–Trinajstić information content (AvgIpc) is 3.25. The molecule has 0 saturated heterocycles. The number of nitrogens with zero attached hydrogens (tertiary/aromatic N) is 1. The van der Waals surface area contributed by atoms with Gasteiger partial charge < -0.3 is 0 Å². The Balaban J connectivity index is 1.91. The van der Waals surface area contributed by atoms with Crippen LogP contribution in [0.4, 0.5) is 5.13 Å². The number of amides is 1. The molecule has 1 N–H and O–H groups in total. The second-order valence-corrected chi connectivity index (χ2v) is 9.12. The fourth-order valence-electron chi connectivity index (χ4n) is 2.99. The number of aromatic nitrogens is 1. The number of nitrogens with one attached hydrogen (secondary N) is 1. The number of thiazole rings is 1. The molecule has 132 valence electrons. The Morgan fingerprint density at radius 3 is 2.48 bits per heavy atom. The van der Waals surface area contributed by atoms with Crippen LogP contribution in [0.2, 0.25) is 0 Å². The summed E-state index contributed by atoms with van der Waals surface area (Å²) in [5, 5.41) is 5.17. The summed E-state index contributed by atoms with van der Waals surface area (Å²) in [5.74, 6) is 0.167. The van der Waals surface area contributed by atoms with Crippen molar-refractivity contribution in [3.8, 4) is 0 Å². The number of hydrogen-bond acceptors (Lipinski definition) is 5. The Morgan fingerprint density at radius 2 is 1.92 bits per heavy atom. The Kier molecular flexibility index (Phi) is 5.34. The van der Waals surface area contributed by atoms with Gasteiger partial charge in [0, 0.05) is 23.4 Å². The minimum absolute atomic E-state index is 0.214. The Labute approximate surface area is 151 Å². The van der Waals surface area contributed by atoms with Crippen LogP contribution >= 0.6 is 11.3 Å². The molecule has 0 radical (unpaired) electrons. The number of hydrogen-bond donors (Lipinski definition) is 1. The molecule has 0 atom stereocenters. The quantitative estimate of drug-likeness (QED) is 0.806. The van der Waals surface area contributed by atoms with E-state index in [0.29, 0.717) is 22.2 Å². The highest BCUT2D eigenvalue weighted by molar-refractivity contribution is 7.90. The van der Waals surface area contributed by atoms with Gasteiger partial charge in [-0.25, -0.2) is 13.4 Å². The highest BCUT2D eigenvalue weighted by atomic mass is 32.2. The van der Waals surface area contributed by atoms with Crippen LogP contribution in [0, 0.1) is 5.92 Å². The summed E-state index contributed by atoms with van der Waals surface area (Å²) in [5.41, 5.74) is 1.29. The van der Waals surface area contributed by atoms with Crippen molar-refractivity contribution < 1.29 is 13.2 Å². The maximum Gasteiger partial charge on any atom is 0.257 e. The van der Waals surface area contributed by atoms with Crippen LogP contribution in [0.1, 0.15) is 31.2 Å². The van der Waals surface area contributed by atoms with E-state index >= 15 is 0 Å². The van der Waals surface area contributed by atoms with Crippen LogP contribution in [0.3, 0.4) is 0 Å². The zero-order valence-electron chi connectivity index (χ0n) is 13.9. The van der Waals surface area contributed by atoms with Gasteiger partial charge in [-0.05, 0) is 36.5 Å². The number of carbonyl (C=O) groups is 1. The lowest BCUT2D eigenvalue weighted by molar-refractivity contribution is -0.111. The Morgan fingerprint density at radius 1 is 1.24 bits per heavy atom. The molecule has 1 fully saturated rings. The summed E-state index contributed by atoms with van der Waals surface area (Å²) in [6.07, 6.45) is 9.34. The topological polar surface area (TPSA) is 76.1 Å². The number of sulfone groups is 1. The van der Waals surface area contributed by atoms with E-state index in [4.69, 9.17) is 0 Å². The van der Waals surface area contributed by atoms with E-state index in [0.717, 1.165) is 12.8 Å². The third kappa shape index (κ3) is 4.55. The molecule has 1 aromatic carbocycles. The van der Waals surface area contributed by atoms with Crippen LogP contribution in [0.5, 0.6) is 0 Å². The predicted molar refractivity (Wildman–Crippen MR) is 100 cm³/mol. The van der Waals surface area contributed by atoms with Crippen molar-refractivity contribution in [2.75, 3.05) is 11.6 Å². The minimum atomic E-state index is -3.26. The second-order valence-electron chi connectivity index (χ2n) is 6.21. The number of allylic oxidation sites excluding steroid dienone is 1. The third-order valence-electron chi connectivity index (χ3n) is 4.29. The molecule has 1 aromatic heterocycles. The van der Waals surface area contributed by atoms with E-state index in [1.165, 1.54) is 30.4 Å². The van der Waals surface area contributed by atoms with E-state index in [9.17, 15) is 13.2 Å². The molecule has 1 amide bonds. The van der Waals surface area contributed by atoms with Gasteiger partial charge in [0.1, 0.15) is 0 Å². The van der Waals surface area contributed by atoms with Gasteiger partial charge in [0.25, 0.3) is 5.91 Å². The van der Waals surface area contributed by atoms with E-state index in [2.05, 4.69) is 10.3 Å². The summed E-state index contributed by atoms with van der Waals surface area (Å²) in [6, 6.07) is 6.48. The lowest BCUT2D eigenvalue weighted by Gasteiger charge is -2.11. The molecular weight excluding hydrogens is 356 g/mol. The number of carbonyl (C=O) groups excluding carboxylic acids is 1. The van der Waals surface area contributed by atoms with Crippen LogP contribution in [0.25, 0.3) is 5.57 Å². The van der Waals surface area contributed by atoms with Gasteiger partial charge in [0.05, 0.1) is 4.90 Å². The molecule has 1 saturated carbocycles. The molecule has 0 unspecified atom stereocenters. The van der Waals surface area contributed by atoms with Crippen LogP contribution in [0.15, 0.2) is 46.8 Å². The van der Waals surface area contributed by atoms with Crippen molar-refractivity contribution in [1.29, 1.82) is 0 Å². The largest absolute Gasteiger partial charge is 0.298 e. The first kappa shape index (κ1) is 17.8. The zero-order chi connectivity index (χ0) is 17.9. The molecule has 0 spiro atoms. The molecule has 7 heteroatoms. The van der Waals surface area contributed by atoms with E-state index in [1.807, 2.05) is 6.08 Å². The lowest BCUT2D eigenvalue weighted by Crippen LogP contribution is -2.14. The highest BCUT2D eigenvalue weighted by Gasteiger charge is 2.19. The minimum Gasteiger partial charge on any atom is -0.298 e. The maximum atomic E-state index is 12.7. The Hall–Kier alpha value is -1.99. The third-order valence-corrected chi connectivity index (χ3v) is 6.11. The van der Waals surface area contributed by atoms with E-state index in [1.54, 1.807) is 35.8 Å². The lowest BCUT2D eigenvalue weighted by atomic mass is 9.98. The highest BCUT2D eigenvalue weighted by Crippen LogP contribution is 2.30. The fourth-order valence-corrected chi connectivity index (χ4v) is 4.15. The van der Waals surface area contributed by atoms with Crippen LogP contribution < -0.4 is 5.32 Å². The Bertz CT molecular complexity index is 864. The van der Waals surface area contributed by atoms with Crippen molar-refractivity contribution in [2.45, 2.75) is 30.6 Å². The van der Waals surface area contributed by atoms with Crippen molar-refractivity contribution in [2.24, 2.45) is 5.92 Å². The SMILES string of the molecule is CS(=O)(=O)c1ccc(/C(=C/C2CCCC2)C(=O)Nc2nccs2)cc1. The van der Waals surface area contributed by atoms with Crippen molar-refractivity contribution in [1.82, 2.24) is 4.98 Å². The number of rotatable bonds is 5. The van der Waals surface area contributed by atoms with Gasteiger partial charge >= 0.3 is 0 Å². The van der Waals surface area contributed by atoms with Gasteiger partial charge in [0.15, 0.2) is 15.0 Å². The first-order valence-electron chi connectivity index (χ1n) is 8.16. The van der Waals surface area contributed by atoms with Gasteiger partial charge in [-0.3, -0.25) is 10.1 Å². The predicted octanol–water partition coefficient (Wildman–Crippen LogP) is 3.76. The van der Waals surface area contributed by atoms with Crippen LogP contribution in [-0.4, -0.2) is 25.6 Å². The van der Waals surface area contributed by atoms with Crippen molar-refractivity contribution in [3.05, 3.63) is 47.5 Å². The molecule has 0 aliphatic heterocycles.